The highest BCUT2D eigenvalue weighted by Gasteiger charge is 2.22. The second kappa shape index (κ2) is 6.01. The fourth-order valence-corrected chi connectivity index (χ4v) is 1.74. The van der Waals surface area contributed by atoms with Crippen LogP contribution in [0.15, 0.2) is 24.3 Å². The summed E-state index contributed by atoms with van der Waals surface area (Å²) in [7, 11) is 1.51. The average Bonchev–Trinajstić information content (AvgIpc) is 2.30. The van der Waals surface area contributed by atoms with Crippen molar-refractivity contribution in [3.05, 3.63) is 35.4 Å². The molecule has 0 aliphatic rings. The molecule has 0 aromatic heterocycles. The second-order valence-corrected chi connectivity index (χ2v) is 5.24. The number of benzene rings is 1. The molecule has 0 saturated heterocycles. The number of rotatable bonds is 4. The molecule has 0 aliphatic carbocycles. The molecule has 3 nitrogen and oxygen atoms in total. The number of hydrogen-bond donors (Lipinski definition) is 0. The van der Waals surface area contributed by atoms with Gasteiger partial charge in [0.1, 0.15) is 0 Å². The van der Waals surface area contributed by atoms with Crippen LogP contribution in [0.25, 0.3) is 0 Å². The molecule has 0 bridgehead atoms. The first-order valence-corrected chi connectivity index (χ1v) is 6.20. The molecular weight excluding hydrogens is 228 g/mol. The van der Waals surface area contributed by atoms with E-state index < -0.39 is 6.10 Å². The van der Waals surface area contributed by atoms with Crippen LogP contribution in [-0.4, -0.2) is 19.7 Å². The Morgan fingerprint density at radius 2 is 1.78 bits per heavy atom. The van der Waals surface area contributed by atoms with Gasteiger partial charge in [-0.2, -0.15) is 0 Å². The van der Waals surface area contributed by atoms with E-state index in [4.69, 9.17) is 9.47 Å². The zero-order chi connectivity index (χ0) is 13.8. The van der Waals surface area contributed by atoms with E-state index in [-0.39, 0.29) is 11.4 Å². The summed E-state index contributed by atoms with van der Waals surface area (Å²) in [6.07, 6.45) is -0.640. The van der Waals surface area contributed by atoms with Crippen LogP contribution in [-0.2, 0) is 19.7 Å². The first kappa shape index (κ1) is 14.7. The molecule has 1 aromatic rings. The molecule has 1 atom stereocenters. The highest BCUT2D eigenvalue weighted by atomic mass is 16.6. The lowest BCUT2D eigenvalue weighted by Crippen LogP contribution is -2.18. The number of hydrogen-bond acceptors (Lipinski definition) is 3. The van der Waals surface area contributed by atoms with Crippen molar-refractivity contribution in [2.24, 2.45) is 0 Å². The summed E-state index contributed by atoms with van der Waals surface area (Å²) in [5.74, 6) is -0.344. The summed E-state index contributed by atoms with van der Waals surface area (Å²) < 4.78 is 10.2. The van der Waals surface area contributed by atoms with E-state index >= 15 is 0 Å². The van der Waals surface area contributed by atoms with Gasteiger partial charge < -0.3 is 9.47 Å². The number of ether oxygens (including phenoxy) is 2. The SMILES string of the molecule is CCOC(=O)C(OC)c1ccc(C(C)(C)C)cc1. The summed E-state index contributed by atoms with van der Waals surface area (Å²) in [6.45, 7) is 8.61. The number of esters is 1. The Hall–Kier alpha value is -1.35. The maximum absolute atomic E-state index is 11.7. The number of methoxy groups -OCH3 is 1. The van der Waals surface area contributed by atoms with Crippen molar-refractivity contribution in [3.63, 3.8) is 0 Å². The third-order valence-electron chi connectivity index (χ3n) is 2.82. The minimum Gasteiger partial charge on any atom is -0.464 e. The highest BCUT2D eigenvalue weighted by molar-refractivity contribution is 5.76. The fraction of sp³-hybridized carbons (Fsp3) is 0.533. The van der Waals surface area contributed by atoms with Gasteiger partial charge in [-0.3, -0.25) is 0 Å². The van der Waals surface area contributed by atoms with E-state index in [1.54, 1.807) is 6.92 Å². The fourth-order valence-electron chi connectivity index (χ4n) is 1.74. The second-order valence-electron chi connectivity index (χ2n) is 5.24. The van der Waals surface area contributed by atoms with E-state index in [2.05, 4.69) is 20.8 Å². The normalized spacial score (nSPS) is 13.2. The standard InChI is InChI=1S/C15H22O3/c1-6-18-14(16)13(17-5)11-7-9-12(10-8-11)15(2,3)4/h7-10,13H,6H2,1-5H3. The van der Waals surface area contributed by atoms with Crippen molar-refractivity contribution in [2.75, 3.05) is 13.7 Å². The maximum atomic E-state index is 11.7. The smallest absolute Gasteiger partial charge is 0.339 e. The van der Waals surface area contributed by atoms with Crippen LogP contribution in [0.2, 0.25) is 0 Å². The Balaban J connectivity index is 2.92. The molecular formula is C15H22O3. The Kier molecular flexibility index (Phi) is 4.91. The van der Waals surface area contributed by atoms with Crippen molar-refractivity contribution in [3.8, 4) is 0 Å². The van der Waals surface area contributed by atoms with Crippen LogP contribution in [0.4, 0.5) is 0 Å². The van der Waals surface area contributed by atoms with Gasteiger partial charge in [0.25, 0.3) is 0 Å². The maximum Gasteiger partial charge on any atom is 0.339 e. The number of carbonyl (C=O) groups excluding carboxylic acids is 1. The molecule has 0 radical (unpaired) electrons. The van der Waals surface area contributed by atoms with Crippen LogP contribution in [0.5, 0.6) is 0 Å². The van der Waals surface area contributed by atoms with E-state index in [9.17, 15) is 4.79 Å². The van der Waals surface area contributed by atoms with Gasteiger partial charge in [0.15, 0.2) is 6.10 Å². The first-order valence-electron chi connectivity index (χ1n) is 6.20. The van der Waals surface area contributed by atoms with Gasteiger partial charge in [0.2, 0.25) is 0 Å². The molecule has 1 rings (SSSR count). The largest absolute Gasteiger partial charge is 0.464 e. The number of carbonyl (C=O) groups is 1. The van der Waals surface area contributed by atoms with Gasteiger partial charge in [-0.15, -0.1) is 0 Å². The lowest BCUT2D eigenvalue weighted by molar-refractivity contribution is -0.155. The van der Waals surface area contributed by atoms with E-state index in [0.717, 1.165) is 5.56 Å². The van der Waals surface area contributed by atoms with Crippen molar-refractivity contribution in [2.45, 2.75) is 39.2 Å². The van der Waals surface area contributed by atoms with Gasteiger partial charge in [0.05, 0.1) is 6.61 Å². The molecule has 0 aliphatic heterocycles. The molecule has 1 aromatic carbocycles. The summed E-state index contributed by atoms with van der Waals surface area (Å²) in [4.78, 5) is 11.7. The molecule has 0 heterocycles. The summed E-state index contributed by atoms with van der Waals surface area (Å²) in [5, 5.41) is 0. The Labute approximate surface area is 109 Å². The zero-order valence-electron chi connectivity index (χ0n) is 11.8. The molecule has 1 unspecified atom stereocenters. The van der Waals surface area contributed by atoms with E-state index in [1.807, 2.05) is 24.3 Å². The molecule has 100 valence electrons. The van der Waals surface area contributed by atoms with Crippen LogP contribution >= 0.6 is 0 Å². The highest BCUT2D eigenvalue weighted by Crippen LogP contribution is 2.25. The van der Waals surface area contributed by atoms with E-state index in [0.29, 0.717) is 6.61 Å². The third kappa shape index (κ3) is 3.57. The topological polar surface area (TPSA) is 35.5 Å². The molecule has 3 heteroatoms. The van der Waals surface area contributed by atoms with Crippen LogP contribution in [0, 0.1) is 0 Å². The first-order chi connectivity index (χ1) is 8.40. The van der Waals surface area contributed by atoms with Crippen LogP contribution in [0.1, 0.15) is 44.9 Å². The van der Waals surface area contributed by atoms with Gasteiger partial charge in [0, 0.05) is 7.11 Å². The molecule has 0 fully saturated rings. The van der Waals surface area contributed by atoms with Gasteiger partial charge in [-0.05, 0) is 23.5 Å². The summed E-state index contributed by atoms with van der Waals surface area (Å²) >= 11 is 0. The van der Waals surface area contributed by atoms with Crippen molar-refractivity contribution in [1.82, 2.24) is 0 Å². The predicted octanol–water partition coefficient (Wildman–Crippen LogP) is 3.23. The minimum atomic E-state index is -0.640. The lowest BCUT2D eigenvalue weighted by atomic mass is 9.86. The minimum absolute atomic E-state index is 0.102. The van der Waals surface area contributed by atoms with Crippen molar-refractivity contribution < 1.29 is 14.3 Å². The monoisotopic (exact) mass is 250 g/mol. The average molecular weight is 250 g/mol. The summed E-state index contributed by atoms with van der Waals surface area (Å²) in [5.41, 5.74) is 2.15. The lowest BCUT2D eigenvalue weighted by Gasteiger charge is -2.20. The third-order valence-corrected chi connectivity index (χ3v) is 2.82. The Morgan fingerprint density at radius 1 is 1.22 bits per heavy atom. The van der Waals surface area contributed by atoms with Gasteiger partial charge >= 0.3 is 5.97 Å². The molecule has 0 N–H and O–H groups in total. The molecule has 0 amide bonds. The summed E-state index contributed by atoms with van der Waals surface area (Å²) in [6, 6.07) is 7.90. The van der Waals surface area contributed by atoms with Gasteiger partial charge in [-0.25, -0.2) is 4.79 Å². The molecule has 0 spiro atoms. The van der Waals surface area contributed by atoms with E-state index in [1.165, 1.54) is 12.7 Å². The zero-order valence-corrected chi connectivity index (χ0v) is 11.8. The Morgan fingerprint density at radius 3 is 2.17 bits per heavy atom. The van der Waals surface area contributed by atoms with Crippen molar-refractivity contribution in [1.29, 1.82) is 0 Å². The van der Waals surface area contributed by atoms with Crippen molar-refractivity contribution >= 4 is 5.97 Å². The van der Waals surface area contributed by atoms with Crippen LogP contribution in [0.3, 0.4) is 0 Å². The molecule has 0 saturated carbocycles. The predicted molar refractivity (Wildman–Crippen MR) is 71.5 cm³/mol. The van der Waals surface area contributed by atoms with Crippen LogP contribution < -0.4 is 0 Å². The molecule has 18 heavy (non-hydrogen) atoms. The van der Waals surface area contributed by atoms with Gasteiger partial charge in [-0.1, -0.05) is 45.0 Å². The quantitative estimate of drug-likeness (QED) is 0.770. The Bertz CT molecular complexity index is 387.